The molecular weight excluding hydrogens is 339 g/mol. The Labute approximate surface area is 139 Å². The first-order chi connectivity index (χ1) is 10.7. The van der Waals surface area contributed by atoms with Crippen LogP contribution in [0.15, 0.2) is 34.0 Å². The summed E-state index contributed by atoms with van der Waals surface area (Å²) >= 11 is 4.68. The van der Waals surface area contributed by atoms with Crippen molar-refractivity contribution in [1.29, 1.82) is 0 Å². The Morgan fingerprint density at radius 1 is 1.27 bits per heavy atom. The molecule has 1 N–H and O–H groups in total. The van der Waals surface area contributed by atoms with Crippen LogP contribution in [0.25, 0.3) is 0 Å². The van der Waals surface area contributed by atoms with Crippen LogP contribution in [0.5, 0.6) is 0 Å². The lowest BCUT2D eigenvalue weighted by atomic mass is 10.3. The van der Waals surface area contributed by atoms with Crippen molar-refractivity contribution in [3.63, 3.8) is 0 Å². The van der Waals surface area contributed by atoms with Crippen molar-refractivity contribution < 1.29 is 4.39 Å². The molecule has 2 heterocycles. The van der Waals surface area contributed by atoms with Gasteiger partial charge >= 0.3 is 0 Å². The molecule has 0 saturated carbocycles. The van der Waals surface area contributed by atoms with Crippen molar-refractivity contribution in [2.24, 2.45) is 0 Å². The van der Waals surface area contributed by atoms with E-state index < -0.39 is 0 Å². The molecule has 0 aliphatic heterocycles. The second-order valence-corrected chi connectivity index (χ2v) is 7.50. The van der Waals surface area contributed by atoms with Crippen molar-refractivity contribution in [2.45, 2.75) is 23.4 Å². The molecule has 0 spiro atoms. The van der Waals surface area contributed by atoms with Crippen LogP contribution in [0.4, 0.5) is 15.2 Å². The average molecular weight is 352 g/mol. The largest absolute Gasteiger partial charge is 0.328 e. The highest BCUT2D eigenvalue weighted by Crippen LogP contribution is 2.30. The van der Waals surface area contributed by atoms with Gasteiger partial charge in [0, 0.05) is 11.1 Å². The summed E-state index contributed by atoms with van der Waals surface area (Å²) in [5, 5.41) is 14.9. The fourth-order valence-electron chi connectivity index (χ4n) is 1.71. The van der Waals surface area contributed by atoms with Gasteiger partial charge < -0.3 is 5.32 Å². The molecule has 0 saturated heterocycles. The second-order valence-electron chi connectivity index (χ2n) is 4.35. The summed E-state index contributed by atoms with van der Waals surface area (Å²) in [6.07, 6.45) is 0.963. The van der Waals surface area contributed by atoms with E-state index in [4.69, 9.17) is 0 Å². The van der Waals surface area contributed by atoms with Crippen molar-refractivity contribution in [3.8, 4) is 0 Å². The van der Waals surface area contributed by atoms with Crippen molar-refractivity contribution in [2.75, 3.05) is 5.32 Å². The van der Waals surface area contributed by atoms with Crippen LogP contribution in [0.1, 0.15) is 17.6 Å². The standard InChI is InChI=1S/C14H13FN4S3/c1-2-12-16-9(7-20-12)8-21-14-19-18-13(22-14)17-11-6-4-3-5-10(11)15/h3-7H,2,8H2,1H3,(H,17,18). The molecule has 114 valence electrons. The number of hydrogen-bond acceptors (Lipinski definition) is 7. The highest BCUT2D eigenvalue weighted by atomic mass is 32.2. The van der Waals surface area contributed by atoms with Gasteiger partial charge in [-0.05, 0) is 18.6 Å². The number of thioether (sulfide) groups is 1. The number of para-hydroxylation sites is 1. The zero-order valence-corrected chi connectivity index (χ0v) is 14.2. The van der Waals surface area contributed by atoms with Gasteiger partial charge in [0.1, 0.15) is 5.82 Å². The Balaban J connectivity index is 1.60. The minimum absolute atomic E-state index is 0.304. The summed E-state index contributed by atoms with van der Waals surface area (Å²) in [5.74, 6) is 0.464. The topological polar surface area (TPSA) is 50.7 Å². The third-order valence-corrected chi connectivity index (χ3v) is 5.81. The van der Waals surface area contributed by atoms with E-state index in [2.05, 4.69) is 32.8 Å². The molecule has 0 amide bonds. The number of benzene rings is 1. The molecule has 2 aromatic heterocycles. The highest BCUT2D eigenvalue weighted by molar-refractivity contribution is 8.00. The lowest BCUT2D eigenvalue weighted by molar-refractivity contribution is 0.632. The third-order valence-electron chi connectivity index (χ3n) is 2.77. The maximum Gasteiger partial charge on any atom is 0.210 e. The number of aromatic nitrogens is 3. The van der Waals surface area contributed by atoms with E-state index in [-0.39, 0.29) is 5.82 Å². The summed E-state index contributed by atoms with van der Waals surface area (Å²) in [7, 11) is 0. The molecule has 4 nitrogen and oxygen atoms in total. The molecule has 3 aromatic rings. The monoisotopic (exact) mass is 352 g/mol. The van der Waals surface area contributed by atoms with E-state index in [0.29, 0.717) is 10.8 Å². The normalized spacial score (nSPS) is 10.8. The van der Waals surface area contributed by atoms with Gasteiger partial charge in [0.2, 0.25) is 5.13 Å². The molecule has 0 bridgehead atoms. The predicted molar refractivity (Wildman–Crippen MR) is 90.6 cm³/mol. The first-order valence-electron chi connectivity index (χ1n) is 6.65. The molecule has 8 heteroatoms. The van der Waals surface area contributed by atoms with Gasteiger partial charge in [-0.2, -0.15) is 0 Å². The molecule has 1 aromatic carbocycles. The SMILES string of the molecule is CCc1nc(CSc2nnc(Nc3ccccc3F)s2)cs1. The number of anilines is 2. The van der Waals surface area contributed by atoms with Gasteiger partial charge in [0.25, 0.3) is 0 Å². The molecule has 0 unspecified atom stereocenters. The molecule has 0 radical (unpaired) electrons. The van der Waals surface area contributed by atoms with Crippen LogP contribution in [0, 0.1) is 5.82 Å². The number of rotatable bonds is 6. The number of nitrogens with zero attached hydrogens (tertiary/aromatic N) is 3. The van der Waals surface area contributed by atoms with Crippen LogP contribution in [-0.2, 0) is 12.2 Å². The van der Waals surface area contributed by atoms with Crippen LogP contribution >= 0.6 is 34.4 Å². The zero-order chi connectivity index (χ0) is 15.4. The molecule has 22 heavy (non-hydrogen) atoms. The van der Waals surface area contributed by atoms with E-state index in [1.165, 1.54) is 17.4 Å². The van der Waals surface area contributed by atoms with E-state index in [0.717, 1.165) is 27.2 Å². The van der Waals surface area contributed by atoms with Crippen LogP contribution in [0.2, 0.25) is 0 Å². The Morgan fingerprint density at radius 3 is 2.91 bits per heavy atom. The molecule has 0 atom stereocenters. The van der Waals surface area contributed by atoms with Crippen LogP contribution in [-0.4, -0.2) is 15.2 Å². The summed E-state index contributed by atoms with van der Waals surface area (Å²) in [6.45, 7) is 2.10. The maximum absolute atomic E-state index is 13.6. The average Bonchev–Trinajstić information content (AvgIpc) is 3.16. The zero-order valence-electron chi connectivity index (χ0n) is 11.7. The number of nitrogens with one attached hydrogen (secondary N) is 1. The van der Waals surface area contributed by atoms with E-state index in [1.54, 1.807) is 41.3 Å². The highest BCUT2D eigenvalue weighted by Gasteiger charge is 2.09. The Bertz CT molecular complexity index is 756. The van der Waals surface area contributed by atoms with Gasteiger partial charge in [-0.15, -0.1) is 21.5 Å². The van der Waals surface area contributed by atoms with Crippen molar-refractivity contribution in [1.82, 2.24) is 15.2 Å². The smallest absolute Gasteiger partial charge is 0.210 e. The first kappa shape index (κ1) is 15.4. The molecule has 0 fully saturated rings. The number of halogens is 1. The molecule has 0 aliphatic carbocycles. The quantitative estimate of drug-likeness (QED) is 0.650. The molecular formula is C14H13FN4S3. The Morgan fingerprint density at radius 2 is 2.14 bits per heavy atom. The van der Waals surface area contributed by atoms with Gasteiger partial charge in [0.05, 0.1) is 16.4 Å². The van der Waals surface area contributed by atoms with Gasteiger partial charge in [-0.1, -0.05) is 42.2 Å². The summed E-state index contributed by atoms with van der Waals surface area (Å²) in [5.41, 5.74) is 1.47. The summed E-state index contributed by atoms with van der Waals surface area (Å²) in [4.78, 5) is 4.52. The fourth-order valence-corrected chi connectivity index (χ4v) is 4.22. The van der Waals surface area contributed by atoms with E-state index >= 15 is 0 Å². The first-order valence-corrected chi connectivity index (χ1v) is 9.34. The Hall–Kier alpha value is -1.51. The second kappa shape index (κ2) is 7.17. The van der Waals surface area contributed by atoms with Gasteiger partial charge in [-0.3, -0.25) is 0 Å². The predicted octanol–water partition coefficient (Wildman–Crippen LogP) is 4.73. The van der Waals surface area contributed by atoms with E-state index in [1.807, 2.05) is 0 Å². The number of thiazole rings is 1. The van der Waals surface area contributed by atoms with Crippen molar-refractivity contribution >= 4 is 45.3 Å². The minimum atomic E-state index is -0.304. The Kier molecular flexibility index (Phi) is 5.01. The summed E-state index contributed by atoms with van der Waals surface area (Å²) in [6, 6.07) is 6.51. The molecule has 0 aliphatic rings. The third kappa shape index (κ3) is 3.82. The lowest BCUT2D eigenvalue weighted by Crippen LogP contribution is -1.92. The summed E-state index contributed by atoms with van der Waals surface area (Å²) < 4.78 is 14.4. The fraction of sp³-hybridized carbons (Fsp3) is 0.214. The lowest BCUT2D eigenvalue weighted by Gasteiger charge is -2.01. The maximum atomic E-state index is 13.6. The van der Waals surface area contributed by atoms with Crippen LogP contribution in [0.3, 0.4) is 0 Å². The van der Waals surface area contributed by atoms with E-state index in [9.17, 15) is 4.39 Å². The van der Waals surface area contributed by atoms with Crippen molar-refractivity contribution in [3.05, 3.63) is 46.2 Å². The van der Waals surface area contributed by atoms with Gasteiger partial charge in [0.15, 0.2) is 4.34 Å². The number of hydrogen-bond donors (Lipinski definition) is 1. The van der Waals surface area contributed by atoms with Gasteiger partial charge in [-0.25, -0.2) is 9.37 Å². The minimum Gasteiger partial charge on any atom is -0.328 e. The molecule has 3 rings (SSSR count). The number of aryl methyl sites for hydroxylation is 1. The van der Waals surface area contributed by atoms with Crippen LogP contribution < -0.4 is 5.32 Å².